The number of H-pyrrole nitrogens is 1. The molecular formula is C20H19N7O3. The van der Waals surface area contributed by atoms with Gasteiger partial charge in [-0.2, -0.15) is 0 Å². The van der Waals surface area contributed by atoms with Crippen molar-refractivity contribution in [2.75, 3.05) is 17.2 Å². The summed E-state index contributed by atoms with van der Waals surface area (Å²) in [6, 6.07) is 17.6. The van der Waals surface area contributed by atoms with Crippen molar-refractivity contribution in [3.05, 3.63) is 66.2 Å². The number of hydrogen-bond acceptors (Lipinski definition) is 9. The topological polar surface area (TPSA) is 191 Å². The first-order valence-electron chi connectivity index (χ1n) is 8.77. The summed E-state index contributed by atoms with van der Waals surface area (Å²) in [6.07, 6.45) is -1.52. The zero-order chi connectivity index (χ0) is 21.7. The van der Waals surface area contributed by atoms with Crippen molar-refractivity contribution in [1.82, 2.24) is 15.0 Å². The second kappa shape index (κ2) is 8.80. The van der Waals surface area contributed by atoms with Gasteiger partial charge in [-0.25, -0.2) is 9.97 Å². The number of nitrogens with zero attached hydrogens (tertiary/aromatic N) is 3. The summed E-state index contributed by atoms with van der Waals surface area (Å²) in [5, 5.41) is 19.1. The van der Waals surface area contributed by atoms with E-state index in [1.807, 2.05) is 30.3 Å². The summed E-state index contributed by atoms with van der Waals surface area (Å²) in [7, 11) is 0. The third-order valence-corrected chi connectivity index (χ3v) is 4.04. The molecule has 8 N–H and O–H groups in total. The molecule has 2 aromatic carbocycles. The zero-order valence-electron chi connectivity index (χ0n) is 15.7. The average molecular weight is 405 g/mol. The average Bonchev–Trinajstić information content (AvgIpc) is 2.74. The van der Waals surface area contributed by atoms with Gasteiger partial charge in [-0.3, -0.25) is 0 Å². The SMILES string of the molecule is Nc1nc(N)c2nc(-c3ccccc3)c(N)nc2[nH+]1.O=C([O-])[C@H](O)c1ccccc1. The highest BCUT2D eigenvalue weighted by atomic mass is 16.4. The molecule has 152 valence electrons. The molecule has 2 aromatic heterocycles. The molecule has 0 fully saturated rings. The molecule has 10 heteroatoms. The van der Waals surface area contributed by atoms with Gasteiger partial charge in [0.2, 0.25) is 11.6 Å². The van der Waals surface area contributed by atoms with E-state index in [4.69, 9.17) is 22.3 Å². The van der Waals surface area contributed by atoms with E-state index in [-0.39, 0.29) is 11.8 Å². The molecule has 0 bridgehead atoms. The summed E-state index contributed by atoms with van der Waals surface area (Å²) in [5.41, 5.74) is 19.9. The lowest BCUT2D eigenvalue weighted by molar-refractivity contribution is -0.333. The number of carboxylic acids is 1. The van der Waals surface area contributed by atoms with Crippen molar-refractivity contribution in [3.63, 3.8) is 0 Å². The first-order chi connectivity index (χ1) is 14.4. The lowest BCUT2D eigenvalue weighted by Gasteiger charge is -2.10. The number of carboxylic acid groups (broad SMARTS) is 1. The Balaban J connectivity index is 0.000000199. The number of nitrogens with one attached hydrogen (secondary N) is 1. The maximum atomic E-state index is 10.1. The molecule has 0 radical (unpaired) electrons. The molecule has 30 heavy (non-hydrogen) atoms. The van der Waals surface area contributed by atoms with Gasteiger partial charge in [-0.15, -0.1) is 4.98 Å². The van der Waals surface area contributed by atoms with Gasteiger partial charge in [0.05, 0.1) is 5.97 Å². The Hall–Kier alpha value is -4.31. The minimum atomic E-state index is -1.52. The number of aliphatic hydroxyl groups is 1. The first-order valence-corrected chi connectivity index (χ1v) is 8.77. The molecule has 0 saturated heterocycles. The van der Waals surface area contributed by atoms with Gasteiger partial charge in [-0.1, -0.05) is 65.6 Å². The fraction of sp³-hybridized carbons (Fsp3) is 0.0500. The Morgan fingerprint density at radius 1 is 0.900 bits per heavy atom. The monoisotopic (exact) mass is 405 g/mol. The summed E-state index contributed by atoms with van der Waals surface area (Å²) in [6.45, 7) is 0. The predicted molar refractivity (Wildman–Crippen MR) is 109 cm³/mol. The molecule has 0 unspecified atom stereocenters. The standard InChI is InChI=1S/C12H11N7.C8H8O3/c13-9-7(6-4-2-1-3-5-6)16-8-10(14)18-12(15)19-11(8)17-9;9-7(8(10)11)6-4-2-1-3-5-6/h1-5H,(H6,13,14,15,17,18,19);1-5,7,9H,(H,10,11)/t;7-/m.1/s1. The number of nitrogen functional groups attached to an aromatic ring is 3. The van der Waals surface area contributed by atoms with Crippen molar-refractivity contribution in [2.45, 2.75) is 6.10 Å². The normalized spacial score (nSPS) is 11.4. The van der Waals surface area contributed by atoms with E-state index in [2.05, 4.69) is 19.9 Å². The molecule has 0 aliphatic heterocycles. The number of aromatic amines is 1. The number of anilines is 3. The molecule has 10 nitrogen and oxygen atoms in total. The second-order valence-corrected chi connectivity index (χ2v) is 6.16. The van der Waals surface area contributed by atoms with E-state index < -0.39 is 12.1 Å². The lowest BCUT2D eigenvalue weighted by atomic mass is 10.1. The fourth-order valence-electron chi connectivity index (χ4n) is 2.63. The highest BCUT2D eigenvalue weighted by Crippen LogP contribution is 2.24. The van der Waals surface area contributed by atoms with E-state index in [0.29, 0.717) is 28.2 Å². The number of aromatic nitrogens is 4. The van der Waals surface area contributed by atoms with Crippen LogP contribution in [0.3, 0.4) is 0 Å². The lowest BCUT2D eigenvalue weighted by Crippen LogP contribution is -2.29. The molecule has 4 rings (SSSR count). The van der Waals surface area contributed by atoms with Gasteiger partial charge in [-0.05, 0) is 5.56 Å². The Morgan fingerprint density at radius 2 is 1.50 bits per heavy atom. The van der Waals surface area contributed by atoms with Gasteiger partial charge < -0.3 is 32.2 Å². The summed E-state index contributed by atoms with van der Waals surface area (Å²) in [5.74, 6) is -0.779. The summed E-state index contributed by atoms with van der Waals surface area (Å²) in [4.78, 5) is 25.5. The van der Waals surface area contributed by atoms with Crippen LogP contribution in [0.1, 0.15) is 11.7 Å². The maximum Gasteiger partial charge on any atom is 0.344 e. The van der Waals surface area contributed by atoms with Crippen LogP contribution in [0.5, 0.6) is 0 Å². The molecule has 1 atom stereocenters. The maximum absolute atomic E-state index is 10.1. The number of aliphatic hydroxyl groups excluding tert-OH is 1. The van der Waals surface area contributed by atoms with Crippen molar-refractivity contribution in [3.8, 4) is 11.3 Å². The van der Waals surface area contributed by atoms with Crippen LogP contribution in [-0.2, 0) is 4.79 Å². The quantitative estimate of drug-likeness (QED) is 0.355. The van der Waals surface area contributed by atoms with Crippen LogP contribution in [0.25, 0.3) is 22.4 Å². The largest absolute Gasteiger partial charge is 0.547 e. The van der Waals surface area contributed by atoms with Crippen LogP contribution in [0.2, 0.25) is 0 Å². The number of fused-ring (bicyclic) bond motifs is 1. The fourth-order valence-corrected chi connectivity index (χ4v) is 2.63. The van der Waals surface area contributed by atoms with Gasteiger partial charge in [0.1, 0.15) is 11.8 Å². The second-order valence-electron chi connectivity index (χ2n) is 6.16. The number of nitrogens with two attached hydrogens (primary N) is 3. The first kappa shape index (κ1) is 20.4. The smallest absolute Gasteiger partial charge is 0.344 e. The highest BCUT2D eigenvalue weighted by Gasteiger charge is 2.16. The van der Waals surface area contributed by atoms with Crippen molar-refractivity contribution in [1.29, 1.82) is 0 Å². The number of benzene rings is 2. The van der Waals surface area contributed by atoms with Gasteiger partial charge in [0.15, 0.2) is 5.52 Å². The molecule has 0 saturated carbocycles. The zero-order valence-corrected chi connectivity index (χ0v) is 15.7. The Labute approximate surface area is 171 Å². The van der Waals surface area contributed by atoms with Crippen molar-refractivity contribution in [2.24, 2.45) is 0 Å². The van der Waals surface area contributed by atoms with E-state index in [9.17, 15) is 9.90 Å². The summed E-state index contributed by atoms with van der Waals surface area (Å²) >= 11 is 0. The van der Waals surface area contributed by atoms with Crippen LogP contribution in [0.15, 0.2) is 60.7 Å². The van der Waals surface area contributed by atoms with Gasteiger partial charge >= 0.3 is 5.95 Å². The number of carbonyl (C=O) groups excluding carboxylic acids is 1. The number of rotatable bonds is 3. The molecular weight excluding hydrogens is 386 g/mol. The Bertz CT molecular complexity index is 1170. The van der Waals surface area contributed by atoms with Gasteiger partial charge in [0.25, 0.3) is 5.65 Å². The molecule has 0 amide bonds. The molecule has 4 aromatic rings. The third-order valence-electron chi connectivity index (χ3n) is 4.04. The predicted octanol–water partition coefficient (Wildman–Crippen LogP) is -0.278. The van der Waals surface area contributed by atoms with E-state index >= 15 is 0 Å². The van der Waals surface area contributed by atoms with Crippen LogP contribution in [0.4, 0.5) is 17.6 Å². The van der Waals surface area contributed by atoms with Crippen LogP contribution >= 0.6 is 0 Å². The molecule has 2 heterocycles. The molecule has 0 spiro atoms. The van der Waals surface area contributed by atoms with E-state index in [1.54, 1.807) is 18.2 Å². The molecule has 0 aliphatic carbocycles. The van der Waals surface area contributed by atoms with Crippen molar-refractivity contribution < 1.29 is 20.0 Å². The van der Waals surface area contributed by atoms with Crippen LogP contribution < -0.4 is 27.3 Å². The Morgan fingerprint density at radius 3 is 2.10 bits per heavy atom. The number of carbonyl (C=O) groups is 1. The van der Waals surface area contributed by atoms with E-state index in [1.165, 1.54) is 12.1 Å². The number of hydrogen-bond donors (Lipinski definition) is 4. The van der Waals surface area contributed by atoms with Crippen LogP contribution in [-0.4, -0.2) is 26.0 Å². The van der Waals surface area contributed by atoms with Crippen LogP contribution in [0, 0.1) is 0 Å². The van der Waals surface area contributed by atoms with Crippen molar-refractivity contribution >= 4 is 34.7 Å². The van der Waals surface area contributed by atoms with Gasteiger partial charge in [0, 0.05) is 5.56 Å². The highest BCUT2D eigenvalue weighted by molar-refractivity contribution is 5.84. The number of aliphatic carboxylic acids is 1. The summed E-state index contributed by atoms with van der Waals surface area (Å²) < 4.78 is 0. The molecule has 0 aliphatic rings. The third kappa shape index (κ3) is 4.56. The van der Waals surface area contributed by atoms with E-state index in [0.717, 1.165) is 5.56 Å². The minimum absolute atomic E-state index is 0.172. The Kier molecular flexibility index (Phi) is 5.99. The minimum Gasteiger partial charge on any atom is -0.547 e.